The van der Waals surface area contributed by atoms with Gasteiger partial charge in [-0.2, -0.15) is 0 Å². The van der Waals surface area contributed by atoms with Gasteiger partial charge in [0.2, 0.25) is 0 Å². The average molecular weight is 219 g/mol. The first-order chi connectivity index (χ1) is 7.76. The fourth-order valence-corrected chi connectivity index (χ4v) is 2.01. The topological polar surface area (TPSA) is 12.0 Å². The summed E-state index contributed by atoms with van der Waals surface area (Å²) in [7, 11) is 0. The fourth-order valence-electron chi connectivity index (χ4n) is 2.01. The van der Waals surface area contributed by atoms with Crippen molar-refractivity contribution in [3.8, 4) is 0 Å². The van der Waals surface area contributed by atoms with Crippen molar-refractivity contribution in [3.05, 3.63) is 35.4 Å². The van der Waals surface area contributed by atoms with E-state index in [2.05, 4.69) is 50.4 Å². The van der Waals surface area contributed by atoms with Crippen molar-refractivity contribution in [1.29, 1.82) is 0 Å². The van der Waals surface area contributed by atoms with Crippen molar-refractivity contribution in [2.45, 2.75) is 52.5 Å². The van der Waals surface area contributed by atoms with Crippen molar-refractivity contribution in [2.24, 2.45) is 0 Å². The molecule has 1 aromatic rings. The zero-order valence-corrected chi connectivity index (χ0v) is 10.9. The molecule has 1 aromatic carbocycles. The SMILES string of the molecule is CCCNC(CC)CCc1cccc(C)c1. The van der Waals surface area contributed by atoms with Gasteiger partial charge in [0.1, 0.15) is 0 Å². The number of aryl methyl sites for hydroxylation is 2. The predicted molar refractivity (Wildman–Crippen MR) is 71.9 cm³/mol. The summed E-state index contributed by atoms with van der Waals surface area (Å²) in [6.07, 6.45) is 4.89. The van der Waals surface area contributed by atoms with Crippen molar-refractivity contribution in [2.75, 3.05) is 6.54 Å². The maximum atomic E-state index is 3.60. The summed E-state index contributed by atoms with van der Waals surface area (Å²) >= 11 is 0. The average Bonchev–Trinajstić information content (AvgIpc) is 2.29. The van der Waals surface area contributed by atoms with E-state index in [0.29, 0.717) is 6.04 Å². The van der Waals surface area contributed by atoms with Gasteiger partial charge in [-0.15, -0.1) is 0 Å². The second-order valence-corrected chi connectivity index (χ2v) is 4.59. The van der Waals surface area contributed by atoms with Crippen molar-refractivity contribution >= 4 is 0 Å². The van der Waals surface area contributed by atoms with Gasteiger partial charge in [0.05, 0.1) is 0 Å². The van der Waals surface area contributed by atoms with Gasteiger partial charge in [0.15, 0.2) is 0 Å². The van der Waals surface area contributed by atoms with Crippen LogP contribution in [0.1, 0.15) is 44.2 Å². The Hall–Kier alpha value is -0.820. The molecule has 1 heteroatoms. The van der Waals surface area contributed by atoms with E-state index >= 15 is 0 Å². The lowest BCUT2D eigenvalue weighted by Crippen LogP contribution is -2.29. The van der Waals surface area contributed by atoms with Gasteiger partial charge in [-0.25, -0.2) is 0 Å². The van der Waals surface area contributed by atoms with E-state index in [4.69, 9.17) is 0 Å². The van der Waals surface area contributed by atoms with Crippen LogP contribution < -0.4 is 5.32 Å². The summed E-state index contributed by atoms with van der Waals surface area (Å²) < 4.78 is 0. The Morgan fingerprint density at radius 2 is 2.06 bits per heavy atom. The normalized spacial score (nSPS) is 12.7. The quantitative estimate of drug-likeness (QED) is 0.737. The minimum atomic E-state index is 0.681. The zero-order valence-electron chi connectivity index (χ0n) is 10.9. The highest BCUT2D eigenvalue weighted by molar-refractivity contribution is 5.22. The summed E-state index contributed by atoms with van der Waals surface area (Å²) in [6, 6.07) is 9.54. The van der Waals surface area contributed by atoms with Gasteiger partial charge >= 0.3 is 0 Å². The first kappa shape index (κ1) is 13.2. The van der Waals surface area contributed by atoms with Crippen LogP contribution in [0.2, 0.25) is 0 Å². The molecule has 1 N–H and O–H groups in total. The van der Waals surface area contributed by atoms with Crippen LogP contribution in [0.15, 0.2) is 24.3 Å². The highest BCUT2D eigenvalue weighted by Crippen LogP contribution is 2.09. The molecule has 0 radical (unpaired) electrons. The summed E-state index contributed by atoms with van der Waals surface area (Å²) in [5, 5.41) is 3.60. The second kappa shape index (κ2) is 7.45. The molecule has 0 aliphatic heterocycles. The van der Waals surface area contributed by atoms with Gasteiger partial charge in [0.25, 0.3) is 0 Å². The molecule has 0 heterocycles. The van der Waals surface area contributed by atoms with Crippen LogP contribution in [-0.2, 0) is 6.42 Å². The van der Waals surface area contributed by atoms with Crippen LogP contribution in [-0.4, -0.2) is 12.6 Å². The Bertz CT molecular complexity index is 293. The molecule has 0 aliphatic rings. The number of rotatable bonds is 7. The van der Waals surface area contributed by atoms with Crippen LogP contribution in [0.3, 0.4) is 0 Å². The van der Waals surface area contributed by atoms with Gasteiger partial charge < -0.3 is 5.32 Å². The van der Waals surface area contributed by atoms with E-state index in [1.54, 1.807) is 0 Å². The Morgan fingerprint density at radius 1 is 1.25 bits per heavy atom. The lowest BCUT2D eigenvalue weighted by atomic mass is 10.0. The number of nitrogens with one attached hydrogen (secondary N) is 1. The van der Waals surface area contributed by atoms with Crippen molar-refractivity contribution < 1.29 is 0 Å². The lowest BCUT2D eigenvalue weighted by molar-refractivity contribution is 0.468. The molecule has 1 rings (SSSR count). The molecule has 16 heavy (non-hydrogen) atoms. The molecule has 0 amide bonds. The molecule has 0 bridgehead atoms. The van der Waals surface area contributed by atoms with Crippen molar-refractivity contribution in [1.82, 2.24) is 5.32 Å². The summed E-state index contributed by atoms with van der Waals surface area (Å²) in [5.74, 6) is 0. The third-order valence-corrected chi connectivity index (χ3v) is 3.04. The number of hydrogen-bond donors (Lipinski definition) is 1. The predicted octanol–water partition coefficient (Wildman–Crippen LogP) is 3.71. The van der Waals surface area contributed by atoms with Gasteiger partial charge in [-0.05, 0) is 44.7 Å². The number of hydrogen-bond acceptors (Lipinski definition) is 1. The Balaban J connectivity index is 2.37. The van der Waals surface area contributed by atoms with Crippen LogP contribution in [0.25, 0.3) is 0 Å². The summed E-state index contributed by atoms with van der Waals surface area (Å²) in [4.78, 5) is 0. The molecule has 0 saturated carbocycles. The van der Waals surface area contributed by atoms with Gasteiger partial charge in [0, 0.05) is 6.04 Å². The third kappa shape index (κ3) is 4.80. The van der Waals surface area contributed by atoms with E-state index in [9.17, 15) is 0 Å². The Kier molecular flexibility index (Phi) is 6.17. The van der Waals surface area contributed by atoms with Crippen LogP contribution in [0, 0.1) is 6.92 Å². The highest BCUT2D eigenvalue weighted by Gasteiger charge is 2.04. The molecule has 0 fully saturated rings. The first-order valence-electron chi connectivity index (χ1n) is 6.55. The maximum absolute atomic E-state index is 3.60. The Labute approximate surface area is 100 Å². The molecule has 1 unspecified atom stereocenters. The zero-order chi connectivity index (χ0) is 11.8. The molecule has 0 aromatic heterocycles. The maximum Gasteiger partial charge on any atom is 0.00676 e. The smallest absolute Gasteiger partial charge is 0.00676 e. The molecule has 1 nitrogen and oxygen atoms in total. The van der Waals surface area contributed by atoms with Crippen LogP contribution in [0.4, 0.5) is 0 Å². The minimum Gasteiger partial charge on any atom is -0.314 e. The Morgan fingerprint density at radius 3 is 2.69 bits per heavy atom. The fraction of sp³-hybridized carbons (Fsp3) is 0.600. The molecular formula is C15H25N. The standard InChI is InChI=1S/C15H25N/c1-4-11-16-15(5-2)10-9-14-8-6-7-13(3)12-14/h6-8,12,15-16H,4-5,9-11H2,1-3H3. The van der Waals surface area contributed by atoms with Crippen LogP contribution >= 0.6 is 0 Å². The molecule has 1 atom stereocenters. The summed E-state index contributed by atoms with van der Waals surface area (Å²) in [6.45, 7) is 7.80. The van der Waals surface area contributed by atoms with E-state index in [0.717, 1.165) is 6.54 Å². The molecular weight excluding hydrogens is 194 g/mol. The van der Waals surface area contributed by atoms with Crippen molar-refractivity contribution in [3.63, 3.8) is 0 Å². The third-order valence-electron chi connectivity index (χ3n) is 3.04. The lowest BCUT2D eigenvalue weighted by Gasteiger charge is -2.16. The molecule has 90 valence electrons. The molecule has 0 aliphatic carbocycles. The van der Waals surface area contributed by atoms with E-state index in [1.165, 1.54) is 36.8 Å². The van der Waals surface area contributed by atoms with Gasteiger partial charge in [-0.3, -0.25) is 0 Å². The van der Waals surface area contributed by atoms with Gasteiger partial charge in [-0.1, -0.05) is 43.7 Å². The van der Waals surface area contributed by atoms with E-state index in [1.807, 2.05) is 0 Å². The first-order valence-corrected chi connectivity index (χ1v) is 6.55. The monoisotopic (exact) mass is 219 g/mol. The highest BCUT2D eigenvalue weighted by atomic mass is 14.9. The second-order valence-electron chi connectivity index (χ2n) is 4.59. The van der Waals surface area contributed by atoms with E-state index in [-0.39, 0.29) is 0 Å². The molecule has 0 spiro atoms. The number of benzene rings is 1. The van der Waals surface area contributed by atoms with E-state index < -0.39 is 0 Å². The van der Waals surface area contributed by atoms with Crippen LogP contribution in [0.5, 0.6) is 0 Å². The molecule has 0 saturated heterocycles. The summed E-state index contributed by atoms with van der Waals surface area (Å²) in [5.41, 5.74) is 2.84. The largest absolute Gasteiger partial charge is 0.314 e. The minimum absolute atomic E-state index is 0.681.